The second-order valence-corrected chi connectivity index (χ2v) is 7.98. The van der Waals surface area contributed by atoms with Gasteiger partial charge in [-0.1, -0.05) is 41.4 Å². The fraction of sp³-hybridized carbons (Fsp3) is 0.409. The summed E-state index contributed by atoms with van der Waals surface area (Å²) in [6.45, 7) is 5.65. The van der Waals surface area contributed by atoms with Gasteiger partial charge in [-0.3, -0.25) is 4.79 Å². The van der Waals surface area contributed by atoms with E-state index < -0.39 is 0 Å². The maximum atomic E-state index is 13.0. The zero-order valence-corrected chi connectivity index (χ0v) is 17.7. The van der Waals surface area contributed by atoms with Crippen molar-refractivity contribution in [1.29, 1.82) is 0 Å². The third-order valence-electron chi connectivity index (χ3n) is 5.08. The zero-order valence-electron chi connectivity index (χ0n) is 16.2. The predicted octanol–water partition coefficient (Wildman–Crippen LogP) is 5.20. The van der Waals surface area contributed by atoms with E-state index in [0.717, 1.165) is 41.9 Å². The number of halogens is 2. The molecule has 6 heteroatoms. The van der Waals surface area contributed by atoms with Crippen molar-refractivity contribution in [2.75, 3.05) is 19.8 Å². The van der Waals surface area contributed by atoms with Crippen molar-refractivity contribution in [2.45, 2.75) is 39.3 Å². The van der Waals surface area contributed by atoms with E-state index in [0.29, 0.717) is 23.1 Å². The quantitative estimate of drug-likeness (QED) is 0.616. The van der Waals surface area contributed by atoms with Gasteiger partial charge in [0.25, 0.3) is 5.91 Å². The molecule has 0 bridgehead atoms. The molecule has 3 rings (SSSR count). The topological polar surface area (TPSA) is 38.8 Å². The minimum atomic E-state index is -0.0950. The van der Waals surface area contributed by atoms with E-state index in [4.69, 9.17) is 32.7 Å². The lowest BCUT2D eigenvalue weighted by molar-refractivity contribution is -0.135. The summed E-state index contributed by atoms with van der Waals surface area (Å²) >= 11 is 12.3. The van der Waals surface area contributed by atoms with Gasteiger partial charge in [0.15, 0.2) is 6.61 Å². The van der Waals surface area contributed by atoms with Crippen LogP contribution in [-0.4, -0.2) is 36.7 Å². The lowest BCUT2D eigenvalue weighted by Gasteiger charge is -2.26. The van der Waals surface area contributed by atoms with Crippen LogP contribution in [0.3, 0.4) is 0 Å². The Morgan fingerprint density at radius 2 is 2.07 bits per heavy atom. The largest absolute Gasteiger partial charge is 0.483 e. The van der Waals surface area contributed by atoms with Crippen molar-refractivity contribution in [3.05, 3.63) is 63.1 Å². The number of ether oxygens (including phenoxy) is 2. The Hall–Kier alpha value is -1.75. The fourth-order valence-corrected chi connectivity index (χ4v) is 3.72. The molecule has 2 aromatic rings. The molecule has 0 spiro atoms. The van der Waals surface area contributed by atoms with E-state index in [1.807, 2.05) is 38.1 Å². The van der Waals surface area contributed by atoms with Crippen LogP contribution >= 0.6 is 23.2 Å². The van der Waals surface area contributed by atoms with Gasteiger partial charge in [-0.05, 0) is 61.6 Å². The normalized spacial score (nSPS) is 16.2. The zero-order chi connectivity index (χ0) is 20.1. The molecule has 1 amide bonds. The minimum absolute atomic E-state index is 0.0256. The maximum Gasteiger partial charge on any atom is 0.260 e. The number of carbonyl (C=O) groups excluding carboxylic acids is 1. The molecule has 1 saturated heterocycles. The maximum absolute atomic E-state index is 13.0. The summed E-state index contributed by atoms with van der Waals surface area (Å²) in [4.78, 5) is 14.7. The first-order chi connectivity index (χ1) is 13.4. The van der Waals surface area contributed by atoms with Gasteiger partial charge in [0.05, 0.1) is 6.10 Å². The van der Waals surface area contributed by atoms with E-state index in [-0.39, 0.29) is 18.6 Å². The van der Waals surface area contributed by atoms with Gasteiger partial charge in [0.1, 0.15) is 5.75 Å². The summed E-state index contributed by atoms with van der Waals surface area (Å²) in [5.74, 6) is 0.636. The minimum Gasteiger partial charge on any atom is -0.483 e. The van der Waals surface area contributed by atoms with Crippen molar-refractivity contribution in [2.24, 2.45) is 0 Å². The van der Waals surface area contributed by atoms with Gasteiger partial charge >= 0.3 is 0 Å². The van der Waals surface area contributed by atoms with E-state index >= 15 is 0 Å². The van der Waals surface area contributed by atoms with E-state index in [1.54, 1.807) is 17.0 Å². The van der Waals surface area contributed by atoms with Crippen LogP contribution in [0.25, 0.3) is 0 Å². The predicted molar refractivity (Wildman–Crippen MR) is 112 cm³/mol. The summed E-state index contributed by atoms with van der Waals surface area (Å²) in [5, 5.41) is 1.12. The molecule has 0 radical (unpaired) electrons. The lowest BCUT2D eigenvalue weighted by atomic mass is 10.1. The Bertz CT molecular complexity index is 835. The standard InChI is InChI=1S/C22H25Cl2NO3/c1-15-5-3-7-21(16(15)2)28-14-22(26)25(13-19-6-4-10-27-19)12-17-8-9-18(23)11-20(17)24/h3,5,7-9,11,19H,4,6,10,12-14H2,1-2H3/t19-/m0/s1. The van der Waals surface area contributed by atoms with E-state index in [2.05, 4.69) is 0 Å². The lowest BCUT2D eigenvalue weighted by Crippen LogP contribution is -2.39. The highest BCUT2D eigenvalue weighted by atomic mass is 35.5. The Morgan fingerprint density at radius 1 is 1.25 bits per heavy atom. The number of rotatable bonds is 7. The van der Waals surface area contributed by atoms with Crippen LogP contribution in [-0.2, 0) is 16.1 Å². The van der Waals surface area contributed by atoms with Gasteiger partial charge in [-0.2, -0.15) is 0 Å². The van der Waals surface area contributed by atoms with Crippen LogP contribution in [0.4, 0.5) is 0 Å². The smallest absolute Gasteiger partial charge is 0.260 e. The monoisotopic (exact) mass is 421 g/mol. The number of amides is 1. The van der Waals surface area contributed by atoms with Crippen molar-refractivity contribution >= 4 is 29.1 Å². The first kappa shape index (κ1) is 21.0. The van der Waals surface area contributed by atoms with Crippen molar-refractivity contribution in [3.63, 3.8) is 0 Å². The van der Waals surface area contributed by atoms with Crippen LogP contribution in [0.15, 0.2) is 36.4 Å². The Morgan fingerprint density at radius 3 is 2.79 bits per heavy atom. The van der Waals surface area contributed by atoms with Crippen LogP contribution in [0.5, 0.6) is 5.75 Å². The molecule has 150 valence electrons. The molecule has 0 aromatic heterocycles. The van der Waals surface area contributed by atoms with Crippen molar-refractivity contribution in [1.82, 2.24) is 4.90 Å². The molecule has 1 atom stereocenters. The first-order valence-corrected chi connectivity index (χ1v) is 10.2. The van der Waals surface area contributed by atoms with Crippen LogP contribution in [0.1, 0.15) is 29.5 Å². The Kier molecular flexibility index (Phi) is 7.22. The number of nitrogens with zero attached hydrogens (tertiary/aromatic N) is 1. The molecule has 1 fully saturated rings. The Labute approximate surface area is 176 Å². The molecule has 1 aliphatic heterocycles. The van der Waals surface area contributed by atoms with Crippen molar-refractivity contribution in [3.8, 4) is 5.75 Å². The fourth-order valence-electron chi connectivity index (χ4n) is 3.26. The van der Waals surface area contributed by atoms with Crippen LogP contribution in [0.2, 0.25) is 10.0 Å². The first-order valence-electron chi connectivity index (χ1n) is 9.46. The molecular weight excluding hydrogens is 397 g/mol. The highest BCUT2D eigenvalue weighted by Crippen LogP contribution is 2.24. The molecular formula is C22H25Cl2NO3. The summed E-state index contributed by atoms with van der Waals surface area (Å²) in [7, 11) is 0. The number of benzene rings is 2. The van der Waals surface area contributed by atoms with E-state index in [1.165, 1.54) is 0 Å². The SMILES string of the molecule is Cc1cccc(OCC(=O)N(Cc2ccc(Cl)cc2Cl)C[C@@H]2CCCO2)c1C. The van der Waals surface area contributed by atoms with Gasteiger partial charge < -0.3 is 14.4 Å². The van der Waals surface area contributed by atoms with Crippen LogP contribution in [0, 0.1) is 13.8 Å². The summed E-state index contributed by atoms with van der Waals surface area (Å²) in [6, 6.07) is 11.2. The second kappa shape index (κ2) is 9.64. The summed E-state index contributed by atoms with van der Waals surface area (Å²) in [5.41, 5.74) is 3.03. The highest BCUT2D eigenvalue weighted by Gasteiger charge is 2.24. The highest BCUT2D eigenvalue weighted by molar-refractivity contribution is 6.35. The van der Waals surface area contributed by atoms with Gasteiger partial charge in [-0.25, -0.2) is 0 Å². The summed E-state index contributed by atoms with van der Waals surface area (Å²) < 4.78 is 11.6. The van der Waals surface area contributed by atoms with Gasteiger partial charge in [-0.15, -0.1) is 0 Å². The molecule has 1 heterocycles. The Balaban J connectivity index is 1.71. The second-order valence-electron chi connectivity index (χ2n) is 7.13. The molecule has 0 saturated carbocycles. The average molecular weight is 422 g/mol. The molecule has 4 nitrogen and oxygen atoms in total. The van der Waals surface area contributed by atoms with E-state index in [9.17, 15) is 4.79 Å². The van der Waals surface area contributed by atoms with Crippen LogP contribution < -0.4 is 4.74 Å². The van der Waals surface area contributed by atoms with Gasteiger partial charge in [0.2, 0.25) is 0 Å². The average Bonchev–Trinajstić information content (AvgIpc) is 3.17. The third-order valence-corrected chi connectivity index (χ3v) is 5.67. The molecule has 0 N–H and O–H groups in total. The van der Waals surface area contributed by atoms with Crippen molar-refractivity contribution < 1.29 is 14.3 Å². The number of hydrogen-bond acceptors (Lipinski definition) is 3. The molecule has 2 aromatic carbocycles. The molecule has 0 aliphatic carbocycles. The molecule has 1 aliphatic rings. The molecule has 28 heavy (non-hydrogen) atoms. The number of aryl methyl sites for hydroxylation is 1. The number of hydrogen-bond donors (Lipinski definition) is 0. The number of carbonyl (C=O) groups is 1. The molecule has 0 unspecified atom stereocenters. The van der Waals surface area contributed by atoms with Gasteiger partial charge in [0, 0.05) is 29.7 Å². The summed E-state index contributed by atoms with van der Waals surface area (Å²) in [6.07, 6.45) is 2.03. The third kappa shape index (κ3) is 5.40.